The predicted molar refractivity (Wildman–Crippen MR) is 152 cm³/mol. The Bertz CT molecular complexity index is 1260. The van der Waals surface area contributed by atoms with Crippen molar-refractivity contribution in [3.05, 3.63) is 89.2 Å². The summed E-state index contributed by atoms with van der Waals surface area (Å²) in [5.74, 6) is -1.36. The molecule has 42 heavy (non-hydrogen) atoms. The first kappa shape index (κ1) is 30.9. The van der Waals surface area contributed by atoms with Crippen LogP contribution in [0.5, 0.6) is 0 Å². The lowest BCUT2D eigenvalue weighted by Gasteiger charge is -2.33. The molecule has 1 saturated heterocycles. The van der Waals surface area contributed by atoms with E-state index in [2.05, 4.69) is 5.32 Å². The lowest BCUT2D eigenvalue weighted by molar-refractivity contribution is -0.137. The van der Waals surface area contributed by atoms with E-state index in [-0.39, 0.29) is 51.9 Å². The van der Waals surface area contributed by atoms with Crippen LogP contribution in [0.3, 0.4) is 0 Å². The minimum Gasteiger partial charge on any atom is -0.499 e. The fourth-order valence-electron chi connectivity index (χ4n) is 4.81. The van der Waals surface area contributed by atoms with Crippen LogP contribution in [-0.2, 0) is 35.0 Å². The molecular formula is C31H36N2O9. The molecule has 2 aromatic rings. The summed E-state index contributed by atoms with van der Waals surface area (Å²) in [6, 6.07) is 15.2. The molecule has 0 unspecified atom stereocenters. The molecule has 4 rings (SSSR count). The Kier molecular flexibility index (Phi) is 11.2. The van der Waals surface area contributed by atoms with Gasteiger partial charge in [0.15, 0.2) is 0 Å². The van der Waals surface area contributed by atoms with Gasteiger partial charge in [0.2, 0.25) is 11.8 Å². The predicted octanol–water partition coefficient (Wildman–Crippen LogP) is 1.44. The SMILES string of the molecule is CN(C(=O)C1=C[C@H]2OCO[C@H]2[C@H](OC(=O)c2ccc(C=COCCO)cc2)C1)[C@H](Cc1ccccc1)C(=O)NCCO. The Morgan fingerprint density at radius 2 is 1.83 bits per heavy atom. The van der Waals surface area contributed by atoms with E-state index in [0.29, 0.717) is 11.1 Å². The Balaban J connectivity index is 1.46. The standard InChI is InChI=1S/C31H36N2O9/c1-33(25(29(36)32-12-13-34)17-22-5-3-2-4-6-22)30(37)24-18-26-28(41-20-40-26)27(19-24)42-31(38)23-9-7-21(8-10-23)11-15-39-16-14-35/h2-11,15,18,25-28,34-35H,12-14,16-17,19-20H2,1H3,(H,32,36)/t25-,26-,27-,28-/m1/s1. The van der Waals surface area contributed by atoms with Crippen LogP contribution in [-0.4, -0.2) is 97.5 Å². The number of ether oxygens (including phenoxy) is 4. The Morgan fingerprint density at radius 3 is 2.55 bits per heavy atom. The number of likely N-dealkylation sites (N-methyl/N-ethyl adjacent to an activating group) is 1. The molecule has 1 aliphatic heterocycles. The number of carbonyl (C=O) groups is 3. The zero-order chi connectivity index (χ0) is 29.9. The summed E-state index contributed by atoms with van der Waals surface area (Å²) < 4.78 is 22.3. The molecule has 2 amide bonds. The van der Waals surface area contributed by atoms with Crippen LogP contribution >= 0.6 is 0 Å². The third kappa shape index (κ3) is 8.04. The number of nitrogens with zero attached hydrogens (tertiary/aromatic N) is 1. The number of aliphatic hydroxyl groups is 2. The Labute approximate surface area is 244 Å². The highest BCUT2D eigenvalue weighted by Crippen LogP contribution is 2.32. The highest BCUT2D eigenvalue weighted by Gasteiger charge is 2.43. The van der Waals surface area contributed by atoms with E-state index in [9.17, 15) is 19.5 Å². The van der Waals surface area contributed by atoms with E-state index in [1.165, 1.54) is 11.2 Å². The van der Waals surface area contributed by atoms with Crippen molar-refractivity contribution in [1.82, 2.24) is 10.2 Å². The minimum absolute atomic E-state index is 0.00320. The largest absolute Gasteiger partial charge is 0.499 e. The van der Waals surface area contributed by atoms with Crippen LogP contribution in [0.25, 0.3) is 6.08 Å². The van der Waals surface area contributed by atoms with Gasteiger partial charge in [-0.15, -0.1) is 0 Å². The first-order valence-corrected chi connectivity index (χ1v) is 13.7. The van der Waals surface area contributed by atoms with Gasteiger partial charge in [0.1, 0.15) is 37.8 Å². The van der Waals surface area contributed by atoms with Gasteiger partial charge in [0.05, 0.1) is 25.0 Å². The number of benzene rings is 2. The summed E-state index contributed by atoms with van der Waals surface area (Å²) in [5, 5.41) is 20.6. The van der Waals surface area contributed by atoms with Crippen molar-refractivity contribution in [1.29, 1.82) is 0 Å². The van der Waals surface area contributed by atoms with Gasteiger partial charge >= 0.3 is 5.97 Å². The maximum atomic E-state index is 13.7. The first-order chi connectivity index (χ1) is 20.4. The van der Waals surface area contributed by atoms with Crippen LogP contribution in [0.2, 0.25) is 0 Å². The van der Waals surface area contributed by atoms with Crippen molar-refractivity contribution >= 4 is 23.9 Å². The van der Waals surface area contributed by atoms with E-state index < -0.39 is 36.2 Å². The molecule has 0 radical (unpaired) electrons. The molecule has 0 saturated carbocycles. The fraction of sp³-hybridized carbons (Fsp3) is 0.387. The molecule has 2 aliphatic rings. The second-order valence-electron chi connectivity index (χ2n) is 9.88. The monoisotopic (exact) mass is 580 g/mol. The number of rotatable bonds is 13. The second kappa shape index (κ2) is 15.3. The summed E-state index contributed by atoms with van der Waals surface area (Å²) in [7, 11) is 1.55. The summed E-state index contributed by atoms with van der Waals surface area (Å²) >= 11 is 0. The molecule has 1 heterocycles. The number of hydrogen-bond donors (Lipinski definition) is 3. The summed E-state index contributed by atoms with van der Waals surface area (Å²) in [5.41, 5.74) is 2.33. The normalized spacial score (nSPS) is 20.4. The molecule has 1 fully saturated rings. The average Bonchev–Trinajstić information content (AvgIpc) is 3.50. The van der Waals surface area contributed by atoms with Crippen molar-refractivity contribution < 1.29 is 43.5 Å². The molecular weight excluding hydrogens is 544 g/mol. The van der Waals surface area contributed by atoms with E-state index in [0.717, 1.165) is 11.1 Å². The number of esters is 1. The highest BCUT2D eigenvalue weighted by molar-refractivity contribution is 5.97. The smallest absolute Gasteiger partial charge is 0.338 e. The van der Waals surface area contributed by atoms with Crippen LogP contribution in [0.1, 0.15) is 27.9 Å². The molecule has 11 nitrogen and oxygen atoms in total. The average molecular weight is 581 g/mol. The summed E-state index contributed by atoms with van der Waals surface area (Å²) in [6.07, 6.45) is 3.24. The van der Waals surface area contributed by atoms with E-state index in [1.807, 2.05) is 30.3 Å². The van der Waals surface area contributed by atoms with Crippen molar-refractivity contribution in [3.63, 3.8) is 0 Å². The van der Waals surface area contributed by atoms with E-state index >= 15 is 0 Å². The highest BCUT2D eigenvalue weighted by atomic mass is 16.7. The molecule has 1 aliphatic carbocycles. The number of amides is 2. The number of aliphatic hydroxyl groups excluding tert-OH is 2. The number of hydrogen-bond acceptors (Lipinski definition) is 9. The first-order valence-electron chi connectivity index (χ1n) is 13.7. The molecule has 0 aromatic heterocycles. The van der Waals surface area contributed by atoms with Crippen molar-refractivity contribution in [2.75, 3.05) is 40.2 Å². The van der Waals surface area contributed by atoms with Crippen LogP contribution in [0.4, 0.5) is 0 Å². The molecule has 0 bridgehead atoms. The van der Waals surface area contributed by atoms with Gasteiger partial charge in [-0.1, -0.05) is 42.5 Å². The number of carbonyl (C=O) groups excluding carboxylic acids is 3. The third-order valence-electron chi connectivity index (χ3n) is 7.02. The van der Waals surface area contributed by atoms with Gasteiger partial charge in [-0.25, -0.2) is 4.79 Å². The van der Waals surface area contributed by atoms with Crippen LogP contribution < -0.4 is 5.32 Å². The Hall–Kier alpha value is -4.03. The minimum atomic E-state index is -0.839. The second-order valence-corrected chi connectivity index (χ2v) is 9.88. The molecule has 224 valence electrons. The summed E-state index contributed by atoms with van der Waals surface area (Å²) in [4.78, 5) is 41.2. The van der Waals surface area contributed by atoms with Crippen LogP contribution in [0.15, 0.2) is 72.5 Å². The number of nitrogens with one attached hydrogen (secondary N) is 1. The van der Waals surface area contributed by atoms with Gasteiger partial charge in [-0.2, -0.15) is 0 Å². The molecule has 2 aromatic carbocycles. The van der Waals surface area contributed by atoms with Gasteiger partial charge in [-0.3, -0.25) is 9.59 Å². The van der Waals surface area contributed by atoms with Gasteiger partial charge in [0.25, 0.3) is 0 Å². The quantitative estimate of drug-likeness (QED) is 0.182. The lowest BCUT2D eigenvalue weighted by Crippen LogP contribution is -2.51. The fourth-order valence-corrected chi connectivity index (χ4v) is 4.81. The molecule has 11 heteroatoms. The maximum absolute atomic E-state index is 13.7. The molecule has 3 N–H and O–H groups in total. The molecule has 4 atom stereocenters. The zero-order valence-corrected chi connectivity index (χ0v) is 23.4. The maximum Gasteiger partial charge on any atom is 0.338 e. The third-order valence-corrected chi connectivity index (χ3v) is 7.02. The topological polar surface area (TPSA) is 144 Å². The van der Waals surface area contributed by atoms with E-state index in [1.54, 1.807) is 43.5 Å². The van der Waals surface area contributed by atoms with Gasteiger partial charge in [-0.05, 0) is 35.4 Å². The molecule has 0 spiro atoms. The zero-order valence-electron chi connectivity index (χ0n) is 23.4. The van der Waals surface area contributed by atoms with E-state index in [4.69, 9.17) is 24.1 Å². The Morgan fingerprint density at radius 1 is 1.07 bits per heavy atom. The van der Waals surface area contributed by atoms with Crippen molar-refractivity contribution in [2.24, 2.45) is 0 Å². The van der Waals surface area contributed by atoms with Crippen molar-refractivity contribution in [3.8, 4) is 0 Å². The number of fused-ring (bicyclic) bond motifs is 1. The lowest BCUT2D eigenvalue weighted by atomic mass is 9.90. The van der Waals surface area contributed by atoms with Gasteiger partial charge < -0.3 is 39.4 Å². The summed E-state index contributed by atoms with van der Waals surface area (Å²) in [6.45, 7) is -0.0542. The van der Waals surface area contributed by atoms with Crippen LogP contribution in [0, 0.1) is 0 Å². The van der Waals surface area contributed by atoms with Gasteiger partial charge in [0, 0.05) is 32.0 Å². The van der Waals surface area contributed by atoms with Crippen molar-refractivity contribution in [2.45, 2.75) is 37.2 Å².